The summed E-state index contributed by atoms with van der Waals surface area (Å²) in [6.07, 6.45) is 2.22. The first-order valence-electron chi connectivity index (χ1n) is 12.6. The maximum atomic E-state index is 13.3. The minimum atomic E-state index is -0.862. The second-order valence-electron chi connectivity index (χ2n) is 9.28. The summed E-state index contributed by atoms with van der Waals surface area (Å²) in [5.74, 6) is -0.802. The molecule has 1 heterocycles. The molecule has 36 heavy (non-hydrogen) atoms. The van der Waals surface area contributed by atoms with E-state index >= 15 is 0 Å². The molecule has 2 aromatic rings. The molecule has 0 radical (unpaired) electrons. The largest absolute Gasteiger partial charge is 0.390 e. The van der Waals surface area contributed by atoms with Gasteiger partial charge in [-0.3, -0.25) is 14.4 Å². The van der Waals surface area contributed by atoms with E-state index < -0.39 is 24.1 Å². The third kappa shape index (κ3) is 7.41. The van der Waals surface area contributed by atoms with E-state index in [1.165, 1.54) is 0 Å². The van der Waals surface area contributed by atoms with Crippen LogP contribution in [0.5, 0.6) is 0 Å². The van der Waals surface area contributed by atoms with Crippen LogP contribution in [0.3, 0.4) is 0 Å². The summed E-state index contributed by atoms with van der Waals surface area (Å²) in [7, 11) is 0. The number of carbonyl (C=O) groups excluding carboxylic acids is 3. The van der Waals surface area contributed by atoms with Crippen LogP contribution in [0, 0.1) is 5.92 Å². The SMILES string of the molecule is CCC(CC)C(=O)N1CCCC1C(=O)N[C@H](Cc1ccc2ccccc2c1)C(=O)NCC(O)CN.Cl. The maximum Gasteiger partial charge on any atom is 0.243 e. The van der Waals surface area contributed by atoms with E-state index in [9.17, 15) is 19.5 Å². The summed E-state index contributed by atoms with van der Waals surface area (Å²) < 4.78 is 0. The van der Waals surface area contributed by atoms with Gasteiger partial charge in [0.1, 0.15) is 12.1 Å². The third-order valence-electron chi connectivity index (χ3n) is 6.84. The van der Waals surface area contributed by atoms with Gasteiger partial charge in [0.05, 0.1) is 6.10 Å². The van der Waals surface area contributed by atoms with Crippen molar-refractivity contribution in [3.05, 3.63) is 48.0 Å². The number of aliphatic hydroxyl groups excluding tert-OH is 1. The normalized spacial score (nSPS) is 16.9. The number of carbonyl (C=O) groups is 3. The minimum absolute atomic E-state index is 0. The second-order valence-corrected chi connectivity index (χ2v) is 9.28. The number of likely N-dealkylation sites (tertiary alicyclic amines) is 1. The number of fused-ring (bicyclic) bond motifs is 1. The molecule has 0 aromatic heterocycles. The van der Waals surface area contributed by atoms with Crippen LogP contribution in [0.2, 0.25) is 0 Å². The van der Waals surface area contributed by atoms with Crippen LogP contribution < -0.4 is 16.4 Å². The average Bonchev–Trinajstić information content (AvgIpc) is 3.37. The molecule has 8 nitrogen and oxygen atoms in total. The van der Waals surface area contributed by atoms with Crippen molar-refractivity contribution in [2.75, 3.05) is 19.6 Å². The van der Waals surface area contributed by atoms with Crippen molar-refractivity contribution in [2.45, 2.75) is 64.1 Å². The number of nitrogens with one attached hydrogen (secondary N) is 2. The highest BCUT2D eigenvalue weighted by molar-refractivity contribution is 5.93. The summed E-state index contributed by atoms with van der Waals surface area (Å²) in [6.45, 7) is 4.55. The average molecular weight is 519 g/mol. The van der Waals surface area contributed by atoms with E-state index in [0.717, 1.165) is 35.6 Å². The van der Waals surface area contributed by atoms with Gasteiger partial charge < -0.3 is 26.4 Å². The van der Waals surface area contributed by atoms with E-state index in [1.807, 2.05) is 56.3 Å². The van der Waals surface area contributed by atoms with Crippen molar-refractivity contribution >= 4 is 40.9 Å². The lowest BCUT2D eigenvalue weighted by atomic mass is 10.00. The van der Waals surface area contributed by atoms with Crippen LogP contribution in [0.25, 0.3) is 10.8 Å². The summed E-state index contributed by atoms with van der Waals surface area (Å²) >= 11 is 0. The molecule has 0 saturated carbocycles. The Morgan fingerprint density at radius 1 is 1.11 bits per heavy atom. The lowest BCUT2D eigenvalue weighted by Gasteiger charge is -2.29. The highest BCUT2D eigenvalue weighted by atomic mass is 35.5. The molecule has 1 aliphatic heterocycles. The molecule has 3 atom stereocenters. The Bertz CT molecular complexity index is 1030. The van der Waals surface area contributed by atoms with Gasteiger partial charge in [-0.2, -0.15) is 0 Å². The fourth-order valence-electron chi connectivity index (χ4n) is 4.68. The summed E-state index contributed by atoms with van der Waals surface area (Å²) in [5, 5.41) is 17.5. The van der Waals surface area contributed by atoms with Gasteiger partial charge in [-0.15, -0.1) is 12.4 Å². The van der Waals surface area contributed by atoms with E-state index in [2.05, 4.69) is 10.6 Å². The summed E-state index contributed by atoms with van der Waals surface area (Å²) in [4.78, 5) is 41.0. The zero-order valence-corrected chi connectivity index (χ0v) is 21.9. The molecule has 0 spiro atoms. The number of amides is 3. The Morgan fingerprint density at radius 3 is 2.47 bits per heavy atom. The summed E-state index contributed by atoms with van der Waals surface area (Å²) in [6, 6.07) is 12.5. The molecule has 0 bridgehead atoms. The van der Waals surface area contributed by atoms with E-state index in [0.29, 0.717) is 13.0 Å². The molecule has 0 aliphatic carbocycles. The molecule has 3 amide bonds. The van der Waals surface area contributed by atoms with Crippen LogP contribution in [0.4, 0.5) is 0 Å². The molecule has 2 aromatic carbocycles. The van der Waals surface area contributed by atoms with Crippen molar-refractivity contribution < 1.29 is 19.5 Å². The fraction of sp³-hybridized carbons (Fsp3) is 0.519. The monoisotopic (exact) mass is 518 g/mol. The molecule has 1 saturated heterocycles. The maximum absolute atomic E-state index is 13.3. The van der Waals surface area contributed by atoms with Gasteiger partial charge in [0.2, 0.25) is 17.7 Å². The first-order chi connectivity index (χ1) is 16.9. The zero-order chi connectivity index (χ0) is 25.4. The van der Waals surface area contributed by atoms with Crippen molar-refractivity contribution in [2.24, 2.45) is 11.7 Å². The van der Waals surface area contributed by atoms with Gasteiger partial charge in [0.15, 0.2) is 0 Å². The highest BCUT2D eigenvalue weighted by Crippen LogP contribution is 2.23. The molecular formula is C27H39ClN4O4. The molecule has 9 heteroatoms. The topological polar surface area (TPSA) is 125 Å². The second kappa shape index (κ2) is 14.2. The lowest BCUT2D eigenvalue weighted by Crippen LogP contribution is -2.55. The smallest absolute Gasteiger partial charge is 0.243 e. The van der Waals surface area contributed by atoms with Gasteiger partial charge in [0, 0.05) is 32.0 Å². The first-order valence-corrected chi connectivity index (χ1v) is 12.6. The van der Waals surface area contributed by atoms with Gasteiger partial charge in [-0.1, -0.05) is 56.3 Å². The number of nitrogens with two attached hydrogens (primary N) is 1. The third-order valence-corrected chi connectivity index (χ3v) is 6.84. The molecule has 3 rings (SSSR count). The number of benzene rings is 2. The van der Waals surface area contributed by atoms with E-state index in [1.54, 1.807) is 4.90 Å². The first kappa shape index (κ1) is 29.5. The molecule has 2 unspecified atom stereocenters. The zero-order valence-electron chi connectivity index (χ0n) is 21.1. The van der Waals surface area contributed by atoms with Crippen LogP contribution in [0.1, 0.15) is 45.1 Å². The van der Waals surface area contributed by atoms with Crippen LogP contribution in [0.15, 0.2) is 42.5 Å². The number of rotatable bonds is 11. The number of nitrogens with zero attached hydrogens (tertiary/aromatic N) is 1. The Morgan fingerprint density at radius 2 is 1.81 bits per heavy atom. The number of hydrogen-bond acceptors (Lipinski definition) is 5. The van der Waals surface area contributed by atoms with Crippen LogP contribution in [-0.4, -0.2) is 65.5 Å². The van der Waals surface area contributed by atoms with Gasteiger partial charge in [0.25, 0.3) is 0 Å². The number of hydrogen-bond donors (Lipinski definition) is 4. The van der Waals surface area contributed by atoms with Gasteiger partial charge in [-0.25, -0.2) is 0 Å². The highest BCUT2D eigenvalue weighted by Gasteiger charge is 2.37. The van der Waals surface area contributed by atoms with E-state index in [4.69, 9.17) is 5.73 Å². The molecule has 198 valence electrons. The predicted octanol–water partition coefficient (Wildman–Crippen LogP) is 2.15. The molecule has 1 fully saturated rings. The minimum Gasteiger partial charge on any atom is -0.390 e. The van der Waals surface area contributed by atoms with Crippen molar-refractivity contribution in [3.63, 3.8) is 0 Å². The van der Waals surface area contributed by atoms with E-state index in [-0.39, 0.29) is 49.6 Å². The fourth-order valence-corrected chi connectivity index (χ4v) is 4.68. The van der Waals surface area contributed by atoms with Crippen LogP contribution >= 0.6 is 12.4 Å². The number of aliphatic hydroxyl groups is 1. The Kier molecular flexibility index (Phi) is 11.6. The lowest BCUT2D eigenvalue weighted by molar-refractivity contribution is -0.142. The Balaban J connectivity index is 0.00000456. The molecule has 5 N–H and O–H groups in total. The van der Waals surface area contributed by atoms with Gasteiger partial charge >= 0.3 is 0 Å². The number of halogens is 1. The van der Waals surface area contributed by atoms with Crippen molar-refractivity contribution in [1.82, 2.24) is 15.5 Å². The van der Waals surface area contributed by atoms with Crippen molar-refractivity contribution in [1.29, 1.82) is 0 Å². The van der Waals surface area contributed by atoms with Crippen molar-refractivity contribution in [3.8, 4) is 0 Å². The van der Waals surface area contributed by atoms with Crippen LogP contribution in [-0.2, 0) is 20.8 Å². The van der Waals surface area contributed by atoms with Gasteiger partial charge in [-0.05, 0) is 42.0 Å². The predicted molar refractivity (Wildman–Crippen MR) is 144 cm³/mol. The standard InChI is InChI=1S/C27H38N4O4.ClH/c1-3-19(4-2)27(35)31-13-7-10-24(31)26(34)30-23(25(33)29-17-22(32)16-28)15-18-11-12-20-8-5-6-9-21(20)14-18;/h5-6,8-9,11-12,14,19,22-24,32H,3-4,7,10,13,15-17,28H2,1-2H3,(H,29,33)(H,30,34);1H/t22?,23-,24?;/m1./s1. The Labute approximate surface area is 219 Å². The summed E-state index contributed by atoms with van der Waals surface area (Å²) in [5.41, 5.74) is 6.36. The molecular weight excluding hydrogens is 480 g/mol. The quantitative estimate of drug-likeness (QED) is 0.363. The molecule has 1 aliphatic rings. The Hall–Kier alpha value is -2.68.